The monoisotopic (exact) mass is 416 g/mol. The van der Waals surface area contributed by atoms with Gasteiger partial charge in [0.05, 0.1) is 38.2 Å². The number of carbonyl (C=O) groups is 1. The predicted octanol–water partition coefficient (Wildman–Crippen LogP) is 3.50. The summed E-state index contributed by atoms with van der Waals surface area (Å²) in [5.74, 6) is 1.48. The van der Waals surface area contributed by atoms with E-state index in [0.29, 0.717) is 30.4 Å². The van der Waals surface area contributed by atoms with Crippen molar-refractivity contribution in [3.63, 3.8) is 0 Å². The molecule has 0 aliphatic heterocycles. The van der Waals surface area contributed by atoms with Crippen LogP contribution in [0.25, 0.3) is 10.2 Å². The highest BCUT2D eigenvalue weighted by Crippen LogP contribution is 2.40. The fourth-order valence-electron chi connectivity index (χ4n) is 2.95. The standard InChI is InChI=1S/C21H24N2O5S/c1-23(11-14-9-10-16(25-2)21(27-4)20(14)26-3)19(24)13-28-12-18-22-15-7-5-6-8-17(15)29-18/h5-10H,11-13H2,1-4H3. The lowest BCUT2D eigenvalue weighted by molar-refractivity contribution is -0.135. The van der Waals surface area contributed by atoms with Gasteiger partial charge in [0.25, 0.3) is 0 Å². The molecular weight excluding hydrogens is 392 g/mol. The zero-order valence-electron chi connectivity index (χ0n) is 16.9. The molecule has 1 amide bonds. The Morgan fingerprint density at radius 1 is 1.03 bits per heavy atom. The van der Waals surface area contributed by atoms with Crippen molar-refractivity contribution >= 4 is 27.5 Å². The zero-order valence-corrected chi connectivity index (χ0v) is 17.7. The number of aromatic nitrogens is 1. The lowest BCUT2D eigenvalue weighted by Crippen LogP contribution is -2.30. The van der Waals surface area contributed by atoms with Gasteiger partial charge < -0.3 is 23.8 Å². The van der Waals surface area contributed by atoms with Crippen LogP contribution in [-0.2, 0) is 22.7 Å². The first kappa shape index (κ1) is 20.9. The molecule has 1 aromatic heterocycles. The number of fused-ring (bicyclic) bond motifs is 1. The van der Waals surface area contributed by atoms with Crippen molar-refractivity contribution in [2.75, 3.05) is 35.0 Å². The van der Waals surface area contributed by atoms with E-state index in [1.54, 1.807) is 50.7 Å². The molecule has 8 heteroatoms. The molecule has 0 atom stereocenters. The first-order valence-electron chi connectivity index (χ1n) is 9.01. The van der Waals surface area contributed by atoms with Crippen LogP contribution in [0.2, 0.25) is 0 Å². The van der Waals surface area contributed by atoms with Crippen LogP contribution >= 0.6 is 11.3 Å². The summed E-state index contributed by atoms with van der Waals surface area (Å²) in [7, 11) is 6.40. The minimum absolute atomic E-state index is 0.0258. The summed E-state index contributed by atoms with van der Waals surface area (Å²) in [6.45, 7) is 0.632. The Bertz CT molecular complexity index is 955. The van der Waals surface area contributed by atoms with Crippen molar-refractivity contribution in [2.45, 2.75) is 13.2 Å². The highest BCUT2D eigenvalue weighted by atomic mass is 32.1. The molecule has 0 radical (unpaired) electrons. The Labute approximate surface area is 173 Å². The highest BCUT2D eigenvalue weighted by Gasteiger charge is 2.19. The van der Waals surface area contributed by atoms with Gasteiger partial charge in [-0.1, -0.05) is 12.1 Å². The topological polar surface area (TPSA) is 70.1 Å². The summed E-state index contributed by atoms with van der Waals surface area (Å²) >= 11 is 1.57. The Balaban J connectivity index is 1.59. The van der Waals surface area contributed by atoms with E-state index in [1.165, 1.54) is 0 Å². The number of rotatable bonds is 9. The van der Waals surface area contributed by atoms with Crippen molar-refractivity contribution in [3.8, 4) is 17.2 Å². The Hall–Kier alpha value is -2.84. The number of thiazole rings is 1. The van der Waals surface area contributed by atoms with E-state index in [4.69, 9.17) is 18.9 Å². The fraction of sp³-hybridized carbons (Fsp3) is 0.333. The summed E-state index contributed by atoms with van der Waals surface area (Å²) in [4.78, 5) is 18.6. The van der Waals surface area contributed by atoms with Crippen molar-refractivity contribution < 1.29 is 23.7 Å². The summed E-state index contributed by atoms with van der Waals surface area (Å²) in [5.41, 5.74) is 1.76. The summed E-state index contributed by atoms with van der Waals surface area (Å²) in [5, 5.41) is 0.850. The molecule has 0 spiro atoms. The molecular formula is C21H24N2O5S. The van der Waals surface area contributed by atoms with Gasteiger partial charge in [-0.3, -0.25) is 4.79 Å². The molecule has 0 bridgehead atoms. The van der Waals surface area contributed by atoms with Crippen molar-refractivity contribution in [3.05, 3.63) is 47.0 Å². The Kier molecular flexibility index (Phi) is 6.90. The van der Waals surface area contributed by atoms with Crippen molar-refractivity contribution in [1.29, 1.82) is 0 Å². The summed E-state index contributed by atoms with van der Waals surface area (Å²) in [6.07, 6.45) is 0. The Morgan fingerprint density at radius 2 is 1.79 bits per heavy atom. The number of nitrogens with zero attached hydrogens (tertiary/aromatic N) is 2. The van der Waals surface area contributed by atoms with Gasteiger partial charge in [0.15, 0.2) is 11.5 Å². The van der Waals surface area contributed by atoms with E-state index in [9.17, 15) is 4.79 Å². The molecule has 7 nitrogen and oxygen atoms in total. The number of para-hydroxylation sites is 1. The molecule has 154 valence electrons. The molecule has 0 saturated heterocycles. The van der Waals surface area contributed by atoms with E-state index in [-0.39, 0.29) is 12.5 Å². The van der Waals surface area contributed by atoms with Crippen LogP contribution in [0.1, 0.15) is 10.6 Å². The van der Waals surface area contributed by atoms with Gasteiger partial charge in [0.1, 0.15) is 11.6 Å². The van der Waals surface area contributed by atoms with E-state index < -0.39 is 0 Å². The van der Waals surface area contributed by atoms with E-state index >= 15 is 0 Å². The minimum Gasteiger partial charge on any atom is -0.493 e. The van der Waals surface area contributed by atoms with Crippen LogP contribution in [0.15, 0.2) is 36.4 Å². The second kappa shape index (κ2) is 9.58. The number of hydrogen-bond acceptors (Lipinski definition) is 7. The van der Waals surface area contributed by atoms with Crippen LogP contribution in [0, 0.1) is 0 Å². The minimum atomic E-state index is -0.136. The number of ether oxygens (including phenoxy) is 4. The average Bonchev–Trinajstić information content (AvgIpc) is 3.15. The van der Waals surface area contributed by atoms with Gasteiger partial charge in [-0.2, -0.15) is 0 Å². The number of likely N-dealkylation sites (N-methyl/N-ethyl adjacent to an activating group) is 1. The maximum absolute atomic E-state index is 12.5. The molecule has 0 fully saturated rings. The molecule has 0 N–H and O–H groups in total. The maximum atomic E-state index is 12.5. The average molecular weight is 416 g/mol. The SMILES string of the molecule is COc1ccc(CN(C)C(=O)COCc2nc3ccccc3s2)c(OC)c1OC. The van der Waals surface area contributed by atoms with Gasteiger partial charge in [-0.15, -0.1) is 11.3 Å². The molecule has 0 unspecified atom stereocenters. The van der Waals surface area contributed by atoms with E-state index in [1.807, 2.05) is 30.3 Å². The van der Waals surface area contributed by atoms with Crippen LogP contribution in [0.4, 0.5) is 0 Å². The molecule has 2 aromatic carbocycles. The first-order chi connectivity index (χ1) is 14.1. The normalized spacial score (nSPS) is 10.8. The number of methoxy groups -OCH3 is 3. The molecule has 0 saturated carbocycles. The van der Waals surface area contributed by atoms with E-state index in [2.05, 4.69) is 4.98 Å². The number of amides is 1. The van der Waals surface area contributed by atoms with Gasteiger partial charge in [-0.05, 0) is 24.3 Å². The summed E-state index contributed by atoms with van der Waals surface area (Å²) in [6, 6.07) is 11.6. The van der Waals surface area contributed by atoms with Gasteiger partial charge in [-0.25, -0.2) is 4.98 Å². The molecule has 0 aliphatic rings. The predicted molar refractivity (Wildman–Crippen MR) is 112 cm³/mol. The van der Waals surface area contributed by atoms with Crippen molar-refractivity contribution in [2.24, 2.45) is 0 Å². The molecule has 29 heavy (non-hydrogen) atoms. The van der Waals surface area contributed by atoms with Crippen molar-refractivity contribution in [1.82, 2.24) is 9.88 Å². The third kappa shape index (κ3) is 4.78. The molecule has 0 aliphatic carbocycles. The first-order valence-corrected chi connectivity index (χ1v) is 9.83. The van der Waals surface area contributed by atoms with Gasteiger partial charge >= 0.3 is 0 Å². The maximum Gasteiger partial charge on any atom is 0.248 e. The van der Waals surface area contributed by atoms with E-state index in [0.717, 1.165) is 20.8 Å². The number of benzene rings is 2. The summed E-state index contributed by atoms with van der Waals surface area (Å²) < 4.78 is 22.9. The molecule has 1 heterocycles. The second-order valence-corrected chi connectivity index (χ2v) is 7.43. The third-order valence-corrected chi connectivity index (χ3v) is 5.42. The molecule has 3 aromatic rings. The lowest BCUT2D eigenvalue weighted by atomic mass is 10.1. The number of hydrogen-bond donors (Lipinski definition) is 0. The fourth-order valence-corrected chi connectivity index (χ4v) is 3.85. The van der Waals surface area contributed by atoms with Crippen LogP contribution in [0.3, 0.4) is 0 Å². The van der Waals surface area contributed by atoms with Crippen LogP contribution in [0.5, 0.6) is 17.2 Å². The molecule has 3 rings (SSSR count). The highest BCUT2D eigenvalue weighted by molar-refractivity contribution is 7.18. The number of carbonyl (C=O) groups excluding carboxylic acids is 1. The van der Waals surface area contributed by atoms with Crippen LogP contribution in [-0.4, -0.2) is 50.8 Å². The largest absolute Gasteiger partial charge is 0.493 e. The third-order valence-electron chi connectivity index (χ3n) is 4.41. The van der Waals surface area contributed by atoms with Gasteiger partial charge in [0.2, 0.25) is 11.7 Å². The zero-order chi connectivity index (χ0) is 20.8. The lowest BCUT2D eigenvalue weighted by Gasteiger charge is -2.21. The Morgan fingerprint density at radius 3 is 2.48 bits per heavy atom. The second-order valence-electron chi connectivity index (χ2n) is 6.31. The quantitative estimate of drug-likeness (QED) is 0.532. The van der Waals surface area contributed by atoms with Crippen LogP contribution < -0.4 is 14.2 Å². The smallest absolute Gasteiger partial charge is 0.248 e. The van der Waals surface area contributed by atoms with Gasteiger partial charge in [0, 0.05) is 19.2 Å².